The van der Waals surface area contributed by atoms with Crippen molar-refractivity contribution >= 4 is 0 Å². The Kier molecular flexibility index (Phi) is 2.49. The van der Waals surface area contributed by atoms with Crippen molar-refractivity contribution in [2.24, 2.45) is 0 Å². The number of hydrogen-bond acceptors (Lipinski definition) is 1. The molecule has 1 aliphatic rings. The van der Waals surface area contributed by atoms with E-state index in [0.717, 1.165) is 0 Å². The molecule has 1 heteroatoms. The molecule has 17 heavy (non-hydrogen) atoms. The van der Waals surface area contributed by atoms with Gasteiger partial charge in [0.25, 0.3) is 0 Å². The molecule has 2 aromatic rings. The van der Waals surface area contributed by atoms with Crippen LogP contribution in [0.15, 0.2) is 54.6 Å². The summed E-state index contributed by atoms with van der Waals surface area (Å²) >= 11 is 0. The van der Waals surface area contributed by atoms with Crippen LogP contribution in [0.5, 0.6) is 0 Å². The van der Waals surface area contributed by atoms with Gasteiger partial charge in [-0.05, 0) is 42.6 Å². The van der Waals surface area contributed by atoms with Gasteiger partial charge in [0, 0.05) is 5.54 Å². The molecule has 86 valence electrons. The fourth-order valence-electron chi connectivity index (χ4n) is 2.44. The third kappa shape index (κ3) is 1.87. The van der Waals surface area contributed by atoms with Crippen molar-refractivity contribution in [1.82, 2.24) is 5.32 Å². The summed E-state index contributed by atoms with van der Waals surface area (Å²) in [6, 6.07) is 19.5. The van der Waals surface area contributed by atoms with E-state index in [-0.39, 0.29) is 5.54 Å². The highest BCUT2D eigenvalue weighted by atomic mass is 15.0. The summed E-state index contributed by atoms with van der Waals surface area (Å²) < 4.78 is 0. The first-order chi connectivity index (χ1) is 8.34. The normalized spacial score (nSPS) is 16.8. The average molecular weight is 223 g/mol. The molecule has 1 fully saturated rings. The number of nitrogens with one attached hydrogen (secondary N) is 1. The lowest BCUT2D eigenvalue weighted by atomic mass is 9.98. The standard InChI is InChI=1S/C16H17N/c1-17-16(10-11-16)15-9-5-8-14(12-15)13-6-3-2-4-7-13/h2-9,12,17H,10-11H2,1H3. The Morgan fingerprint density at radius 1 is 0.882 bits per heavy atom. The Labute approximate surface area is 102 Å². The van der Waals surface area contributed by atoms with E-state index in [2.05, 4.69) is 67.0 Å². The second-order valence-corrected chi connectivity index (χ2v) is 4.78. The summed E-state index contributed by atoms with van der Waals surface area (Å²) in [4.78, 5) is 0. The molecule has 1 N–H and O–H groups in total. The highest BCUT2D eigenvalue weighted by Crippen LogP contribution is 2.45. The molecule has 0 aromatic heterocycles. The Morgan fingerprint density at radius 3 is 2.24 bits per heavy atom. The van der Waals surface area contributed by atoms with Gasteiger partial charge in [0.2, 0.25) is 0 Å². The van der Waals surface area contributed by atoms with E-state index in [1.165, 1.54) is 29.5 Å². The molecule has 0 bridgehead atoms. The predicted octanol–water partition coefficient (Wildman–Crippen LogP) is 3.56. The van der Waals surface area contributed by atoms with Crippen molar-refractivity contribution in [2.75, 3.05) is 7.05 Å². The molecule has 1 nitrogen and oxygen atoms in total. The van der Waals surface area contributed by atoms with Crippen molar-refractivity contribution in [3.05, 3.63) is 60.2 Å². The quantitative estimate of drug-likeness (QED) is 0.839. The zero-order valence-corrected chi connectivity index (χ0v) is 10.1. The van der Waals surface area contributed by atoms with E-state index >= 15 is 0 Å². The summed E-state index contributed by atoms with van der Waals surface area (Å²) in [5, 5.41) is 3.45. The van der Waals surface area contributed by atoms with Gasteiger partial charge in [-0.25, -0.2) is 0 Å². The first kappa shape index (κ1) is 10.5. The maximum absolute atomic E-state index is 3.45. The van der Waals surface area contributed by atoms with Gasteiger partial charge in [-0.1, -0.05) is 48.5 Å². The summed E-state index contributed by atoms with van der Waals surface area (Å²) in [5.41, 5.74) is 4.28. The molecule has 2 aromatic carbocycles. The molecule has 1 saturated carbocycles. The van der Waals surface area contributed by atoms with E-state index in [9.17, 15) is 0 Å². The van der Waals surface area contributed by atoms with E-state index in [1.54, 1.807) is 0 Å². The fourth-order valence-corrected chi connectivity index (χ4v) is 2.44. The maximum Gasteiger partial charge on any atom is 0.0434 e. The Morgan fingerprint density at radius 2 is 1.59 bits per heavy atom. The Bertz CT molecular complexity index is 512. The minimum absolute atomic E-state index is 0.255. The minimum atomic E-state index is 0.255. The molecular formula is C16H17N. The summed E-state index contributed by atoms with van der Waals surface area (Å²) in [5.74, 6) is 0. The maximum atomic E-state index is 3.45. The van der Waals surface area contributed by atoms with Crippen molar-refractivity contribution in [3.8, 4) is 11.1 Å². The van der Waals surface area contributed by atoms with Gasteiger partial charge in [-0.3, -0.25) is 0 Å². The van der Waals surface area contributed by atoms with Crippen LogP contribution in [0.2, 0.25) is 0 Å². The first-order valence-corrected chi connectivity index (χ1v) is 6.19. The van der Waals surface area contributed by atoms with Crippen LogP contribution in [0.25, 0.3) is 11.1 Å². The number of rotatable bonds is 3. The topological polar surface area (TPSA) is 12.0 Å². The van der Waals surface area contributed by atoms with Crippen LogP contribution in [0, 0.1) is 0 Å². The molecular weight excluding hydrogens is 206 g/mol. The lowest BCUT2D eigenvalue weighted by molar-refractivity contribution is 0.586. The molecule has 0 radical (unpaired) electrons. The van der Waals surface area contributed by atoms with Crippen LogP contribution >= 0.6 is 0 Å². The second-order valence-electron chi connectivity index (χ2n) is 4.78. The molecule has 0 atom stereocenters. The molecule has 3 rings (SSSR count). The molecule has 0 heterocycles. The molecule has 0 spiro atoms. The predicted molar refractivity (Wildman–Crippen MR) is 71.8 cm³/mol. The summed E-state index contributed by atoms with van der Waals surface area (Å²) in [6.07, 6.45) is 2.50. The van der Waals surface area contributed by atoms with Gasteiger partial charge < -0.3 is 5.32 Å². The molecule has 1 aliphatic carbocycles. The minimum Gasteiger partial charge on any atom is -0.310 e. The molecule has 0 amide bonds. The van der Waals surface area contributed by atoms with Gasteiger partial charge in [0.15, 0.2) is 0 Å². The lowest BCUT2D eigenvalue weighted by Gasteiger charge is -2.15. The van der Waals surface area contributed by atoms with Crippen LogP contribution in [0.4, 0.5) is 0 Å². The van der Waals surface area contributed by atoms with Gasteiger partial charge in [0.1, 0.15) is 0 Å². The van der Waals surface area contributed by atoms with Crippen molar-refractivity contribution < 1.29 is 0 Å². The molecule has 0 saturated heterocycles. The van der Waals surface area contributed by atoms with E-state index in [4.69, 9.17) is 0 Å². The van der Waals surface area contributed by atoms with Crippen LogP contribution < -0.4 is 5.32 Å². The Hall–Kier alpha value is -1.60. The van der Waals surface area contributed by atoms with Crippen molar-refractivity contribution in [3.63, 3.8) is 0 Å². The van der Waals surface area contributed by atoms with Crippen molar-refractivity contribution in [2.45, 2.75) is 18.4 Å². The van der Waals surface area contributed by atoms with Gasteiger partial charge >= 0.3 is 0 Å². The van der Waals surface area contributed by atoms with Gasteiger partial charge in [-0.2, -0.15) is 0 Å². The zero-order valence-electron chi connectivity index (χ0n) is 10.1. The lowest BCUT2D eigenvalue weighted by Crippen LogP contribution is -2.24. The van der Waals surface area contributed by atoms with E-state index in [0.29, 0.717) is 0 Å². The SMILES string of the molecule is CNC1(c2cccc(-c3ccccc3)c2)CC1. The van der Waals surface area contributed by atoms with Crippen LogP contribution in [0.3, 0.4) is 0 Å². The highest BCUT2D eigenvalue weighted by Gasteiger charge is 2.42. The number of hydrogen-bond donors (Lipinski definition) is 1. The largest absolute Gasteiger partial charge is 0.310 e. The van der Waals surface area contributed by atoms with E-state index < -0.39 is 0 Å². The van der Waals surface area contributed by atoms with Gasteiger partial charge in [0.05, 0.1) is 0 Å². The number of benzene rings is 2. The van der Waals surface area contributed by atoms with Crippen LogP contribution in [-0.4, -0.2) is 7.05 Å². The summed E-state index contributed by atoms with van der Waals surface area (Å²) in [7, 11) is 2.06. The first-order valence-electron chi connectivity index (χ1n) is 6.19. The smallest absolute Gasteiger partial charge is 0.0434 e. The fraction of sp³-hybridized carbons (Fsp3) is 0.250. The van der Waals surface area contributed by atoms with E-state index in [1.807, 2.05) is 0 Å². The van der Waals surface area contributed by atoms with Crippen LogP contribution in [0.1, 0.15) is 18.4 Å². The molecule has 0 aliphatic heterocycles. The monoisotopic (exact) mass is 223 g/mol. The second kappa shape index (κ2) is 4.01. The third-order valence-electron chi connectivity index (χ3n) is 3.75. The highest BCUT2D eigenvalue weighted by molar-refractivity contribution is 5.64. The zero-order chi connectivity index (χ0) is 11.7. The third-order valence-corrected chi connectivity index (χ3v) is 3.75. The van der Waals surface area contributed by atoms with Crippen LogP contribution in [-0.2, 0) is 5.54 Å². The van der Waals surface area contributed by atoms with Crippen molar-refractivity contribution in [1.29, 1.82) is 0 Å². The average Bonchev–Trinajstić information content (AvgIpc) is 3.21. The Balaban J connectivity index is 2.00. The van der Waals surface area contributed by atoms with Gasteiger partial charge in [-0.15, -0.1) is 0 Å². The molecule has 0 unspecified atom stereocenters. The summed E-state index contributed by atoms with van der Waals surface area (Å²) in [6.45, 7) is 0.